The summed E-state index contributed by atoms with van der Waals surface area (Å²) in [5.41, 5.74) is 2.22. The van der Waals surface area contributed by atoms with Crippen molar-refractivity contribution in [2.24, 2.45) is 5.92 Å². The molecule has 38 heavy (non-hydrogen) atoms. The lowest BCUT2D eigenvalue weighted by atomic mass is 9.53. The van der Waals surface area contributed by atoms with Gasteiger partial charge in [-0.05, 0) is 46.4 Å². The van der Waals surface area contributed by atoms with Gasteiger partial charge in [-0.25, -0.2) is 0 Å². The molecule has 4 aromatic rings. The first-order valence-electron chi connectivity index (χ1n) is 13.7. The molecule has 0 unspecified atom stereocenters. The normalized spacial score (nSPS) is 30.1. The van der Waals surface area contributed by atoms with Crippen molar-refractivity contribution in [2.45, 2.75) is 49.2 Å². The Morgan fingerprint density at radius 2 is 1.61 bits per heavy atom. The molecule has 4 aromatic carbocycles. The quantitative estimate of drug-likeness (QED) is 0.329. The van der Waals surface area contributed by atoms with Crippen molar-refractivity contribution in [2.75, 3.05) is 6.61 Å². The first-order valence-corrected chi connectivity index (χ1v) is 13.7. The SMILES string of the molecule is CCCO[C@@H]1c2ccccc2[C@@]23Cc4c(ccc5ccccc45)O[C@@]24C(=O)C[C@H](c2ccccc24)[C@@H]1C3=O. The second-order valence-electron chi connectivity index (χ2n) is 11.2. The maximum absolute atomic E-state index is 15.2. The highest BCUT2D eigenvalue weighted by Gasteiger charge is 2.75. The smallest absolute Gasteiger partial charge is 0.209 e. The molecule has 4 bridgehead atoms. The largest absolute Gasteiger partial charge is 0.473 e. The molecule has 5 aliphatic rings. The van der Waals surface area contributed by atoms with Crippen LogP contribution in [0.3, 0.4) is 0 Å². The zero-order chi connectivity index (χ0) is 25.6. The fraction of sp³-hybridized carbons (Fsp3) is 0.294. The van der Waals surface area contributed by atoms with Gasteiger partial charge in [-0.15, -0.1) is 0 Å². The van der Waals surface area contributed by atoms with Crippen LogP contribution in [-0.4, -0.2) is 18.2 Å². The molecule has 0 saturated heterocycles. The number of benzene rings is 4. The predicted octanol–water partition coefficient (Wildman–Crippen LogP) is 6.34. The number of carbonyl (C=O) groups excluding carboxylic acids is 2. The Morgan fingerprint density at radius 3 is 2.45 bits per heavy atom. The molecule has 1 fully saturated rings. The van der Waals surface area contributed by atoms with Crippen LogP contribution in [0, 0.1) is 5.92 Å². The fourth-order valence-electron chi connectivity index (χ4n) is 8.14. The van der Waals surface area contributed by atoms with E-state index in [1.165, 1.54) is 0 Å². The zero-order valence-corrected chi connectivity index (χ0v) is 21.3. The summed E-state index contributed by atoms with van der Waals surface area (Å²) in [5, 5.41) is 2.17. The van der Waals surface area contributed by atoms with E-state index in [-0.39, 0.29) is 23.9 Å². The van der Waals surface area contributed by atoms with Crippen molar-refractivity contribution in [3.05, 3.63) is 113 Å². The Kier molecular flexibility index (Phi) is 4.47. The minimum absolute atomic E-state index is 0.00167. The molecule has 0 aromatic heterocycles. The summed E-state index contributed by atoms with van der Waals surface area (Å²) < 4.78 is 13.6. The summed E-state index contributed by atoms with van der Waals surface area (Å²) in [4.78, 5) is 29.8. The molecule has 4 heteroatoms. The van der Waals surface area contributed by atoms with Gasteiger partial charge in [0.05, 0.1) is 12.0 Å². The summed E-state index contributed by atoms with van der Waals surface area (Å²) in [7, 11) is 0. The minimum Gasteiger partial charge on any atom is -0.473 e. The molecule has 1 heterocycles. The molecule has 5 atom stereocenters. The Labute approximate surface area is 221 Å². The van der Waals surface area contributed by atoms with Crippen LogP contribution >= 0.6 is 0 Å². The molecule has 4 aliphatic carbocycles. The van der Waals surface area contributed by atoms with Gasteiger partial charge < -0.3 is 9.47 Å². The molecule has 2 spiro atoms. The minimum atomic E-state index is -1.41. The molecule has 0 N–H and O–H groups in total. The van der Waals surface area contributed by atoms with E-state index >= 15 is 4.79 Å². The average Bonchev–Trinajstić information content (AvgIpc) is 3.05. The van der Waals surface area contributed by atoms with Crippen LogP contribution in [0.5, 0.6) is 5.75 Å². The summed E-state index contributed by atoms with van der Waals surface area (Å²) >= 11 is 0. The van der Waals surface area contributed by atoms with Crippen molar-refractivity contribution in [3.8, 4) is 5.75 Å². The zero-order valence-electron chi connectivity index (χ0n) is 21.3. The predicted molar refractivity (Wildman–Crippen MR) is 144 cm³/mol. The second kappa shape index (κ2) is 7.64. The number of hydrogen-bond donors (Lipinski definition) is 0. The summed E-state index contributed by atoms with van der Waals surface area (Å²) in [6.07, 6.45) is 1.16. The van der Waals surface area contributed by atoms with Gasteiger partial charge in [-0.2, -0.15) is 0 Å². The Hall–Kier alpha value is -3.76. The lowest BCUT2D eigenvalue weighted by Crippen LogP contribution is -2.66. The highest BCUT2D eigenvalue weighted by atomic mass is 16.5. The monoisotopic (exact) mass is 500 g/mol. The lowest BCUT2D eigenvalue weighted by Gasteiger charge is -2.54. The van der Waals surface area contributed by atoms with Crippen LogP contribution in [0.15, 0.2) is 84.9 Å². The number of hydrogen-bond acceptors (Lipinski definition) is 4. The number of ether oxygens (including phenoxy) is 2. The lowest BCUT2D eigenvalue weighted by molar-refractivity contribution is -0.157. The summed E-state index contributed by atoms with van der Waals surface area (Å²) in [6.45, 7) is 2.65. The summed E-state index contributed by atoms with van der Waals surface area (Å²) in [5.74, 6) is 0.0952. The number of ketones is 2. The molecule has 9 rings (SSSR count). The van der Waals surface area contributed by atoms with Crippen molar-refractivity contribution in [3.63, 3.8) is 0 Å². The van der Waals surface area contributed by atoms with Gasteiger partial charge in [0.2, 0.25) is 5.60 Å². The van der Waals surface area contributed by atoms with E-state index < -0.39 is 23.0 Å². The van der Waals surface area contributed by atoms with Crippen molar-refractivity contribution in [1.82, 2.24) is 0 Å². The number of fused-ring (bicyclic) bond motifs is 5. The fourth-order valence-corrected chi connectivity index (χ4v) is 8.14. The highest BCUT2D eigenvalue weighted by molar-refractivity contribution is 6.10. The van der Waals surface area contributed by atoms with Gasteiger partial charge in [-0.3, -0.25) is 9.59 Å². The van der Waals surface area contributed by atoms with E-state index in [4.69, 9.17) is 9.47 Å². The third kappa shape index (κ3) is 2.45. The van der Waals surface area contributed by atoms with Gasteiger partial charge in [-0.1, -0.05) is 85.8 Å². The maximum Gasteiger partial charge on any atom is 0.209 e. The van der Waals surface area contributed by atoms with E-state index in [0.717, 1.165) is 45.0 Å². The first-order chi connectivity index (χ1) is 18.6. The van der Waals surface area contributed by atoms with Gasteiger partial charge in [0.25, 0.3) is 0 Å². The topological polar surface area (TPSA) is 52.6 Å². The van der Waals surface area contributed by atoms with E-state index in [1.54, 1.807) is 0 Å². The van der Waals surface area contributed by atoms with E-state index in [0.29, 0.717) is 18.8 Å². The summed E-state index contributed by atoms with van der Waals surface area (Å²) in [6, 6.07) is 28.5. The molecular formula is C34H28O4. The van der Waals surface area contributed by atoms with E-state index in [2.05, 4.69) is 37.3 Å². The average molecular weight is 501 g/mol. The molecule has 188 valence electrons. The van der Waals surface area contributed by atoms with Gasteiger partial charge >= 0.3 is 0 Å². The second-order valence-corrected chi connectivity index (χ2v) is 11.2. The standard InChI is InChI=1S/C34H28O4/c1-2-17-37-31-23-12-6-7-13-26(23)33-19-25-21-10-4-3-9-20(21)15-16-28(25)38-34(33)27-14-8-5-11-22(27)24(18-29(34)35)30(31)32(33)36/h3-16,24,30-31H,2,17-19H2,1H3/t24-,30+,31-,33-,34+/m1/s1. The van der Waals surface area contributed by atoms with Gasteiger partial charge in [0.1, 0.15) is 11.2 Å². The third-order valence-electron chi connectivity index (χ3n) is 9.55. The maximum atomic E-state index is 15.2. The van der Waals surface area contributed by atoms with Crippen LogP contribution in [0.2, 0.25) is 0 Å². The van der Waals surface area contributed by atoms with Crippen LogP contribution in [0.1, 0.15) is 59.6 Å². The van der Waals surface area contributed by atoms with Gasteiger partial charge in [0.15, 0.2) is 11.6 Å². The Bertz CT molecular complexity index is 1670. The van der Waals surface area contributed by atoms with E-state index in [1.807, 2.05) is 54.6 Å². The molecule has 0 radical (unpaired) electrons. The van der Waals surface area contributed by atoms with Crippen LogP contribution in [0.4, 0.5) is 0 Å². The molecular weight excluding hydrogens is 472 g/mol. The van der Waals surface area contributed by atoms with E-state index in [9.17, 15) is 4.79 Å². The Balaban J connectivity index is 1.53. The number of Topliss-reactive ketones (excluding diaryl/α,β-unsaturated/α-hetero) is 2. The van der Waals surface area contributed by atoms with Crippen LogP contribution in [-0.2, 0) is 31.8 Å². The van der Waals surface area contributed by atoms with Gasteiger partial charge in [0, 0.05) is 30.1 Å². The third-order valence-corrected chi connectivity index (χ3v) is 9.55. The number of rotatable bonds is 3. The van der Waals surface area contributed by atoms with Crippen molar-refractivity contribution >= 4 is 22.3 Å². The Morgan fingerprint density at radius 1 is 0.868 bits per heavy atom. The molecule has 0 amide bonds. The van der Waals surface area contributed by atoms with Crippen LogP contribution in [0.25, 0.3) is 10.8 Å². The molecule has 1 saturated carbocycles. The van der Waals surface area contributed by atoms with Crippen LogP contribution < -0.4 is 4.74 Å². The molecule has 1 aliphatic heterocycles. The first kappa shape index (κ1) is 22.2. The highest BCUT2D eigenvalue weighted by Crippen LogP contribution is 2.67. The molecule has 4 nitrogen and oxygen atoms in total. The van der Waals surface area contributed by atoms with Crippen molar-refractivity contribution < 1.29 is 19.1 Å². The van der Waals surface area contributed by atoms with Crippen molar-refractivity contribution in [1.29, 1.82) is 0 Å². The number of carbonyl (C=O) groups is 2.